The second-order valence-electron chi connectivity index (χ2n) is 6.09. The van der Waals surface area contributed by atoms with E-state index < -0.39 is 0 Å². The van der Waals surface area contributed by atoms with Gasteiger partial charge in [0.15, 0.2) is 17.2 Å². The average Bonchev–Trinajstić information content (AvgIpc) is 2.98. The fourth-order valence-electron chi connectivity index (χ4n) is 3.07. The third-order valence-corrected chi connectivity index (χ3v) is 4.30. The minimum absolute atomic E-state index is 0.249. The van der Waals surface area contributed by atoms with E-state index in [1.54, 1.807) is 18.2 Å². The first kappa shape index (κ1) is 14.1. The molecule has 1 aromatic heterocycles. The Morgan fingerprint density at radius 1 is 1.26 bits per heavy atom. The third-order valence-electron chi connectivity index (χ3n) is 4.30. The van der Waals surface area contributed by atoms with Crippen LogP contribution in [0.4, 0.5) is 5.69 Å². The molecular weight excluding hydrogens is 296 g/mol. The molecule has 0 spiro atoms. The summed E-state index contributed by atoms with van der Waals surface area (Å²) in [5, 5.41) is 6.84. The van der Waals surface area contributed by atoms with Gasteiger partial charge in [-0.2, -0.15) is 0 Å². The number of benzene rings is 1. The Kier molecular flexibility index (Phi) is 3.44. The van der Waals surface area contributed by atoms with Crippen molar-refractivity contribution in [3.8, 4) is 11.5 Å². The van der Waals surface area contributed by atoms with Crippen molar-refractivity contribution in [3.05, 3.63) is 35.2 Å². The molecule has 23 heavy (non-hydrogen) atoms. The Hall–Kier alpha value is -2.50. The molecule has 2 aliphatic rings. The highest BCUT2D eigenvalue weighted by Gasteiger charge is 2.27. The number of aryl methyl sites for hydroxylation is 1. The van der Waals surface area contributed by atoms with Crippen molar-refractivity contribution in [1.82, 2.24) is 5.16 Å². The molecule has 2 heterocycles. The van der Waals surface area contributed by atoms with E-state index in [1.165, 1.54) is 0 Å². The number of fused-ring (bicyclic) bond motifs is 2. The lowest BCUT2D eigenvalue weighted by molar-refractivity contribution is 0.101. The maximum atomic E-state index is 12.5. The minimum atomic E-state index is -0.249. The van der Waals surface area contributed by atoms with Crippen molar-refractivity contribution >= 4 is 11.6 Å². The molecule has 0 fully saturated rings. The molecule has 1 atom stereocenters. The summed E-state index contributed by atoms with van der Waals surface area (Å²) in [6.07, 6.45) is 2.76. The van der Waals surface area contributed by atoms with E-state index in [0.29, 0.717) is 42.0 Å². The monoisotopic (exact) mass is 314 g/mol. The van der Waals surface area contributed by atoms with E-state index in [1.807, 2.05) is 0 Å². The van der Waals surface area contributed by atoms with E-state index in [-0.39, 0.29) is 5.91 Å². The van der Waals surface area contributed by atoms with Crippen molar-refractivity contribution in [1.29, 1.82) is 0 Å². The van der Waals surface area contributed by atoms with Crippen LogP contribution in [0.15, 0.2) is 22.7 Å². The maximum absolute atomic E-state index is 12.5. The van der Waals surface area contributed by atoms with Crippen molar-refractivity contribution in [2.75, 3.05) is 18.5 Å². The summed E-state index contributed by atoms with van der Waals surface area (Å²) in [6, 6.07) is 5.35. The molecule has 6 heteroatoms. The maximum Gasteiger partial charge on any atom is 0.278 e. The Bertz CT molecular complexity index is 753. The van der Waals surface area contributed by atoms with E-state index in [2.05, 4.69) is 17.4 Å². The summed E-state index contributed by atoms with van der Waals surface area (Å²) in [6.45, 7) is 3.24. The number of anilines is 1. The number of ether oxygens (including phenoxy) is 2. The molecule has 1 aromatic carbocycles. The van der Waals surface area contributed by atoms with Crippen LogP contribution in [-0.4, -0.2) is 24.3 Å². The largest absolute Gasteiger partial charge is 0.486 e. The average molecular weight is 314 g/mol. The van der Waals surface area contributed by atoms with Crippen LogP contribution in [-0.2, 0) is 12.8 Å². The van der Waals surface area contributed by atoms with Crippen molar-refractivity contribution in [2.24, 2.45) is 5.92 Å². The Labute approximate surface area is 133 Å². The summed E-state index contributed by atoms with van der Waals surface area (Å²) in [7, 11) is 0. The van der Waals surface area contributed by atoms with E-state index in [4.69, 9.17) is 14.0 Å². The number of carbonyl (C=O) groups is 1. The Morgan fingerprint density at radius 2 is 2.09 bits per heavy atom. The SMILES string of the molecule is C[C@H]1CCc2onc(C(=O)Nc3ccc4c(c3)OCCO4)c2C1. The second kappa shape index (κ2) is 5.61. The predicted octanol–water partition coefficient (Wildman–Crippen LogP) is 2.82. The fraction of sp³-hybridized carbons (Fsp3) is 0.412. The van der Waals surface area contributed by atoms with Crippen molar-refractivity contribution in [2.45, 2.75) is 26.2 Å². The fourth-order valence-corrected chi connectivity index (χ4v) is 3.07. The van der Waals surface area contributed by atoms with Crippen molar-refractivity contribution < 1.29 is 18.8 Å². The molecule has 0 unspecified atom stereocenters. The molecule has 1 N–H and O–H groups in total. The molecule has 0 bridgehead atoms. The van der Waals surface area contributed by atoms with Gasteiger partial charge in [0.05, 0.1) is 0 Å². The van der Waals surface area contributed by atoms with Crippen molar-refractivity contribution in [3.63, 3.8) is 0 Å². The molecule has 1 aliphatic carbocycles. The lowest BCUT2D eigenvalue weighted by Gasteiger charge is -2.19. The zero-order valence-electron chi connectivity index (χ0n) is 12.9. The van der Waals surface area contributed by atoms with Gasteiger partial charge in [-0.15, -0.1) is 0 Å². The molecule has 0 radical (unpaired) electrons. The highest BCUT2D eigenvalue weighted by atomic mass is 16.6. The standard InChI is InChI=1S/C17H18N2O4/c1-10-2-4-13-12(8-10)16(19-23-13)17(20)18-11-3-5-14-15(9-11)22-7-6-21-14/h3,5,9-10H,2,4,6-8H2,1H3,(H,18,20)/t10-/m0/s1. The van der Waals surface area contributed by atoms with Crippen LogP contribution < -0.4 is 14.8 Å². The van der Waals surface area contributed by atoms with Crippen LogP contribution in [0.3, 0.4) is 0 Å². The zero-order valence-corrected chi connectivity index (χ0v) is 12.9. The van der Waals surface area contributed by atoms with Gasteiger partial charge in [-0.25, -0.2) is 0 Å². The smallest absolute Gasteiger partial charge is 0.278 e. The van der Waals surface area contributed by atoms with Crippen LogP contribution in [0.5, 0.6) is 11.5 Å². The molecular formula is C17H18N2O4. The van der Waals surface area contributed by atoms with Gasteiger partial charge >= 0.3 is 0 Å². The summed E-state index contributed by atoms with van der Waals surface area (Å²) in [5.74, 6) is 2.48. The molecule has 0 saturated heterocycles. The summed E-state index contributed by atoms with van der Waals surface area (Å²) in [4.78, 5) is 12.5. The van der Waals surface area contributed by atoms with Crippen LogP contribution in [0, 0.1) is 5.92 Å². The lowest BCUT2D eigenvalue weighted by Crippen LogP contribution is -2.18. The number of amides is 1. The normalized spacial score (nSPS) is 19.1. The van der Waals surface area contributed by atoms with Crippen LogP contribution in [0.25, 0.3) is 0 Å². The molecule has 2 aromatic rings. The number of rotatable bonds is 2. The molecule has 4 rings (SSSR count). The van der Waals surface area contributed by atoms with Gasteiger partial charge in [0.1, 0.15) is 19.0 Å². The van der Waals surface area contributed by atoms with E-state index >= 15 is 0 Å². The topological polar surface area (TPSA) is 73.6 Å². The second-order valence-corrected chi connectivity index (χ2v) is 6.09. The van der Waals surface area contributed by atoms with E-state index in [9.17, 15) is 4.79 Å². The Morgan fingerprint density at radius 3 is 2.96 bits per heavy atom. The number of carbonyl (C=O) groups excluding carboxylic acids is 1. The van der Waals surface area contributed by atoms with Gasteiger partial charge < -0.3 is 19.3 Å². The minimum Gasteiger partial charge on any atom is -0.486 e. The third kappa shape index (κ3) is 2.65. The summed E-state index contributed by atoms with van der Waals surface area (Å²) >= 11 is 0. The first-order chi connectivity index (χ1) is 11.2. The number of hydrogen-bond donors (Lipinski definition) is 1. The lowest BCUT2D eigenvalue weighted by atomic mass is 9.88. The molecule has 1 amide bonds. The summed E-state index contributed by atoms with van der Waals surface area (Å²) < 4.78 is 16.3. The highest BCUT2D eigenvalue weighted by molar-refractivity contribution is 6.04. The van der Waals surface area contributed by atoms with Gasteiger partial charge in [0, 0.05) is 23.7 Å². The predicted molar refractivity (Wildman–Crippen MR) is 83.1 cm³/mol. The van der Waals surface area contributed by atoms with Gasteiger partial charge in [0.25, 0.3) is 5.91 Å². The number of nitrogens with zero attached hydrogens (tertiary/aromatic N) is 1. The van der Waals surface area contributed by atoms with Crippen LogP contribution in [0.2, 0.25) is 0 Å². The molecule has 120 valence electrons. The zero-order chi connectivity index (χ0) is 15.8. The number of nitrogens with one attached hydrogen (secondary N) is 1. The highest BCUT2D eigenvalue weighted by Crippen LogP contribution is 2.33. The van der Waals surface area contributed by atoms with Crippen LogP contribution >= 0.6 is 0 Å². The quantitative estimate of drug-likeness (QED) is 0.922. The van der Waals surface area contributed by atoms with Gasteiger partial charge in [-0.05, 0) is 30.9 Å². The molecule has 0 saturated carbocycles. The number of aromatic nitrogens is 1. The molecule has 6 nitrogen and oxygen atoms in total. The first-order valence-electron chi connectivity index (χ1n) is 7.89. The molecule has 1 aliphatic heterocycles. The Balaban J connectivity index is 1.55. The van der Waals surface area contributed by atoms with Gasteiger partial charge in [0.2, 0.25) is 0 Å². The van der Waals surface area contributed by atoms with Gasteiger partial charge in [-0.1, -0.05) is 12.1 Å². The number of hydrogen-bond acceptors (Lipinski definition) is 5. The summed E-state index contributed by atoms with van der Waals surface area (Å²) in [5.41, 5.74) is 1.99. The van der Waals surface area contributed by atoms with Gasteiger partial charge in [-0.3, -0.25) is 4.79 Å². The first-order valence-corrected chi connectivity index (χ1v) is 7.89. The van der Waals surface area contributed by atoms with Crippen LogP contribution in [0.1, 0.15) is 35.2 Å². The van der Waals surface area contributed by atoms with E-state index in [0.717, 1.165) is 30.6 Å².